The fourth-order valence-electron chi connectivity index (χ4n) is 8.99. The van der Waals surface area contributed by atoms with Crippen LogP contribution in [-0.4, -0.2) is 14.5 Å². The van der Waals surface area contributed by atoms with E-state index in [1.807, 2.05) is 54.6 Å². The Kier molecular flexibility index (Phi) is 10.6. The SMILES string of the molecule is CC(C)c1cccc(C(C)C)c1-n1c(-c2[c-]cccc2F)nc2ccccc21.[2H]C([2H])([2H])c1cnc(-c2[c-]ccc3c2oc2ccccc23)cc1-c1ccc(C2([2H])CCC(C)(C)CC2)cc1C([2H])([2H])[2H].[Ir]. The van der Waals surface area contributed by atoms with E-state index in [1.165, 1.54) is 23.4 Å². The van der Waals surface area contributed by atoms with E-state index < -0.39 is 19.6 Å². The van der Waals surface area contributed by atoms with E-state index in [1.54, 1.807) is 42.5 Å². The molecule has 1 saturated carbocycles. The molecule has 10 rings (SSSR count). The topological polar surface area (TPSA) is 43.9 Å². The van der Waals surface area contributed by atoms with Gasteiger partial charge in [-0.1, -0.05) is 131 Å². The summed E-state index contributed by atoms with van der Waals surface area (Å²) in [7, 11) is 0. The molecule has 0 N–H and O–H groups in total. The monoisotopic (exact) mass is 1030 g/mol. The van der Waals surface area contributed by atoms with Crippen LogP contribution in [0.25, 0.3) is 72.4 Å². The van der Waals surface area contributed by atoms with Gasteiger partial charge < -0.3 is 14.0 Å². The molecule has 0 atom stereocenters. The molecule has 6 aromatic carbocycles. The summed E-state index contributed by atoms with van der Waals surface area (Å²) in [6, 6.07) is 43.6. The molecule has 0 saturated heterocycles. The van der Waals surface area contributed by atoms with Crippen molar-refractivity contribution in [3.05, 3.63) is 173 Å². The third kappa shape index (κ3) is 8.63. The second kappa shape index (κ2) is 18.4. The minimum absolute atomic E-state index is 0. The summed E-state index contributed by atoms with van der Waals surface area (Å²) in [5.74, 6) is 0.0389. The fraction of sp³-hybridized carbons (Fsp3) is 0.276. The van der Waals surface area contributed by atoms with E-state index >= 15 is 0 Å². The second-order valence-corrected chi connectivity index (χ2v) is 18.1. The van der Waals surface area contributed by atoms with Crippen molar-refractivity contribution in [1.29, 1.82) is 0 Å². The molecule has 0 spiro atoms. The van der Waals surface area contributed by atoms with E-state index in [-0.39, 0.29) is 48.0 Å². The maximum atomic E-state index is 14.7. The quantitative estimate of drug-likeness (QED) is 0.149. The number of hydrogen-bond acceptors (Lipinski definition) is 3. The first-order valence-electron chi connectivity index (χ1n) is 25.4. The summed E-state index contributed by atoms with van der Waals surface area (Å²) in [6.45, 7) is 8.10. The number of benzene rings is 6. The molecule has 1 aliphatic carbocycles. The summed E-state index contributed by atoms with van der Waals surface area (Å²) in [6.07, 6.45) is 4.33. The van der Waals surface area contributed by atoms with Crippen LogP contribution in [0.1, 0.15) is 122 Å². The number of imidazole rings is 1. The third-order valence-corrected chi connectivity index (χ3v) is 12.6. The van der Waals surface area contributed by atoms with Crippen molar-refractivity contribution in [1.82, 2.24) is 14.5 Å². The Morgan fingerprint density at radius 3 is 2.22 bits per heavy atom. The fourth-order valence-corrected chi connectivity index (χ4v) is 8.99. The van der Waals surface area contributed by atoms with Crippen molar-refractivity contribution >= 4 is 33.0 Å². The molecule has 1 aliphatic rings. The van der Waals surface area contributed by atoms with Crippen LogP contribution in [0.3, 0.4) is 0 Å². The third-order valence-electron chi connectivity index (χ3n) is 12.6. The van der Waals surface area contributed by atoms with Gasteiger partial charge in [-0.05, 0) is 125 Å². The number of aromatic nitrogens is 3. The number of hydrogen-bond donors (Lipinski definition) is 0. The molecular weight excluding hydrogens is 966 g/mol. The Balaban J connectivity index is 0.000000203. The van der Waals surface area contributed by atoms with E-state index in [4.69, 9.17) is 17.6 Å². The molecular formula is C58H56FIrN3O-2. The summed E-state index contributed by atoms with van der Waals surface area (Å²) < 4.78 is 82.2. The maximum Gasteiger partial charge on any atom is 0.120 e. The molecule has 3 heterocycles. The average molecular weight is 1030 g/mol. The van der Waals surface area contributed by atoms with E-state index in [9.17, 15) is 5.76 Å². The molecule has 6 heteroatoms. The molecule has 3 aromatic heterocycles. The Morgan fingerprint density at radius 1 is 0.766 bits per heavy atom. The number of aryl methyl sites for hydroxylation is 2. The van der Waals surface area contributed by atoms with Gasteiger partial charge in [0.15, 0.2) is 0 Å². The minimum atomic E-state index is -2.54. The van der Waals surface area contributed by atoms with Crippen LogP contribution < -0.4 is 0 Å². The standard InChI is InChI=1S/C33H32NO.C25H24FN2.Ir/c1-21-18-24(23-14-16-33(3,4)17-15-23)12-13-25(21)29-19-30(34-20-22(29)2)28-10-7-9-27-26-8-5-6-11-31(26)35-32(27)28;1-16(2)18-11-9-12-19(17(3)4)24(18)28-23-15-8-7-14-22(23)27-25(28)20-10-5-6-13-21(20)26;/h5-9,11-13,18-20,23H,14-17H2,1-4H3;5-9,11-17H,1-4H3;/q2*-1;/i1D3,2D3,23D;;. The zero-order valence-electron chi connectivity index (χ0n) is 44.1. The van der Waals surface area contributed by atoms with E-state index in [0.717, 1.165) is 40.3 Å². The number of nitrogens with zero attached hydrogens (tertiary/aromatic N) is 3. The average Bonchev–Trinajstić information content (AvgIpc) is 3.90. The molecule has 1 fully saturated rings. The number of halogens is 1. The van der Waals surface area contributed by atoms with Gasteiger partial charge in [-0.2, -0.15) is 0 Å². The molecule has 0 bridgehead atoms. The van der Waals surface area contributed by atoms with Crippen molar-refractivity contribution in [2.75, 3.05) is 0 Å². The van der Waals surface area contributed by atoms with Crippen LogP contribution in [0.2, 0.25) is 0 Å². The van der Waals surface area contributed by atoms with Gasteiger partial charge in [0.25, 0.3) is 0 Å². The number of rotatable bonds is 7. The normalized spacial score (nSPS) is 16.5. The van der Waals surface area contributed by atoms with Crippen molar-refractivity contribution in [3.63, 3.8) is 0 Å². The first-order valence-corrected chi connectivity index (χ1v) is 21.9. The van der Waals surface area contributed by atoms with Crippen LogP contribution in [0, 0.1) is 37.1 Å². The first kappa shape index (κ1) is 36.6. The Labute approximate surface area is 401 Å². The van der Waals surface area contributed by atoms with Crippen LogP contribution in [0.4, 0.5) is 4.39 Å². The Bertz CT molecular complexity index is 3370. The van der Waals surface area contributed by atoms with Crippen molar-refractivity contribution in [3.8, 4) is 39.5 Å². The van der Waals surface area contributed by atoms with E-state index in [0.29, 0.717) is 69.6 Å². The van der Waals surface area contributed by atoms with Gasteiger partial charge in [0.2, 0.25) is 0 Å². The summed E-state index contributed by atoms with van der Waals surface area (Å²) in [5, 5.41) is 1.82. The maximum absolute atomic E-state index is 14.7. The summed E-state index contributed by atoms with van der Waals surface area (Å²) in [4.78, 5) is 9.32. The van der Waals surface area contributed by atoms with Gasteiger partial charge in [0, 0.05) is 52.8 Å². The number of furan rings is 1. The van der Waals surface area contributed by atoms with Gasteiger partial charge in [-0.25, -0.2) is 0 Å². The molecule has 64 heavy (non-hydrogen) atoms. The molecule has 0 unspecified atom stereocenters. The smallest absolute Gasteiger partial charge is 0.120 e. The first-order chi connectivity index (χ1) is 33.1. The van der Waals surface area contributed by atoms with Crippen molar-refractivity contribution in [2.45, 2.75) is 98.7 Å². The van der Waals surface area contributed by atoms with Gasteiger partial charge in [-0.3, -0.25) is 9.37 Å². The van der Waals surface area contributed by atoms with Crippen molar-refractivity contribution in [2.24, 2.45) is 5.41 Å². The molecule has 0 aliphatic heterocycles. The number of para-hydroxylation sites is 4. The van der Waals surface area contributed by atoms with Gasteiger partial charge >= 0.3 is 0 Å². The molecule has 4 nitrogen and oxygen atoms in total. The molecule has 9 aromatic rings. The van der Waals surface area contributed by atoms with E-state index in [2.05, 4.69) is 81.4 Å². The van der Waals surface area contributed by atoms with Gasteiger partial charge in [0.1, 0.15) is 5.58 Å². The number of pyridine rings is 1. The predicted molar refractivity (Wildman–Crippen MR) is 259 cm³/mol. The zero-order valence-corrected chi connectivity index (χ0v) is 39.5. The molecule has 0 amide bonds. The molecule has 1 radical (unpaired) electrons. The Hall–Kier alpha value is -5.68. The zero-order chi connectivity index (χ0) is 49.9. The second-order valence-electron chi connectivity index (χ2n) is 18.1. The molecule has 327 valence electrons. The summed E-state index contributed by atoms with van der Waals surface area (Å²) >= 11 is 0. The van der Waals surface area contributed by atoms with Crippen LogP contribution in [0.5, 0.6) is 0 Å². The van der Waals surface area contributed by atoms with Crippen LogP contribution in [0.15, 0.2) is 132 Å². The predicted octanol–water partition coefficient (Wildman–Crippen LogP) is 16.3. The van der Waals surface area contributed by atoms with Crippen molar-refractivity contribution < 1.29 is 38.5 Å². The van der Waals surface area contributed by atoms with Crippen LogP contribution >= 0.6 is 0 Å². The largest absolute Gasteiger partial charge is 0.501 e. The number of fused-ring (bicyclic) bond motifs is 4. The van der Waals surface area contributed by atoms with Crippen LogP contribution in [-0.2, 0) is 20.1 Å². The minimum Gasteiger partial charge on any atom is -0.501 e. The summed E-state index contributed by atoms with van der Waals surface area (Å²) in [5.41, 5.74) is 9.41. The van der Waals surface area contributed by atoms with Gasteiger partial charge in [0.05, 0.1) is 22.4 Å². The Morgan fingerprint density at radius 2 is 1.48 bits per heavy atom. The van der Waals surface area contributed by atoms with Gasteiger partial charge in [-0.15, -0.1) is 42.5 Å².